The third-order valence-electron chi connectivity index (χ3n) is 3.99. The molecule has 1 aliphatic heterocycles. The number of nitrogens with zero attached hydrogens (tertiary/aromatic N) is 1. The fraction of sp³-hybridized carbons (Fsp3) is 0.500. The summed E-state index contributed by atoms with van der Waals surface area (Å²) in [7, 11) is 0. The van der Waals surface area contributed by atoms with Gasteiger partial charge in [0.2, 0.25) is 5.91 Å². The molecule has 0 atom stereocenters. The van der Waals surface area contributed by atoms with Crippen LogP contribution in [-0.4, -0.2) is 29.6 Å². The Kier molecular flexibility index (Phi) is 5.65. The summed E-state index contributed by atoms with van der Waals surface area (Å²) in [5.74, 6) is 0.857. The Labute approximate surface area is 135 Å². The highest BCUT2D eigenvalue weighted by atomic mass is 35.5. The van der Waals surface area contributed by atoms with Gasteiger partial charge >= 0.3 is 0 Å². The lowest BCUT2D eigenvalue weighted by Gasteiger charge is -2.30. The summed E-state index contributed by atoms with van der Waals surface area (Å²) in [6.45, 7) is 3.92. The van der Waals surface area contributed by atoms with E-state index in [0.29, 0.717) is 34.5 Å². The van der Waals surface area contributed by atoms with Crippen LogP contribution in [0.5, 0.6) is 0 Å². The van der Waals surface area contributed by atoms with E-state index in [9.17, 15) is 4.79 Å². The maximum atomic E-state index is 12.1. The van der Waals surface area contributed by atoms with Crippen molar-refractivity contribution in [2.24, 2.45) is 5.92 Å². The average Bonchev–Trinajstić information content (AvgIpc) is 2.48. The number of halogens is 2. The van der Waals surface area contributed by atoms with Crippen molar-refractivity contribution in [3.8, 4) is 0 Å². The second-order valence-electron chi connectivity index (χ2n) is 5.67. The van der Waals surface area contributed by atoms with Crippen LogP contribution in [0.1, 0.15) is 38.2 Å². The second-order valence-corrected chi connectivity index (χ2v) is 6.49. The molecule has 0 saturated carbocycles. The number of nitrogens with one attached hydrogen (secondary N) is 1. The van der Waals surface area contributed by atoms with Gasteiger partial charge in [0.1, 0.15) is 0 Å². The molecule has 1 N–H and O–H groups in total. The standard InChI is InChI=1S/C16H20Cl2N2O/c1-11-6-8-20(9-7-11)16(21)5-4-15(19)12-2-3-13(17)14(18)10-12/h2-3,10-11,19H,4-9H2,1H3. The molecular weight excluding hydrogens is 307 g/mol. The van der Waals surface area contributed by atoms with Crippen LogP contribution >= 0.6 is 23.2 Å². The molecule has 2 rings (SSSR count). The quantitative estimate of drug-likeness (QED) is 0.819. The monoisotopic (exact) mass is 326 g/mol. The Balaban J connectivity index is 1.86. The minimum atomic E-state index is 0.145. The lowest BCUT2D eigenvalue weighted by Crippen LogP contribution is -2.38. The zero-order chi connectivity index (χ0) is 15.4. The number of rotatable bonds is 4. The molecule has 114 valence electrons. The number of piperidine rings is 1. The van der Waals surface area contributed by atoms with Gasteiger partial charge in [-0.3, -0.25) is 4.79 Å². The molecule has 0 bridgehead atoms. The highest BCUT2D eigenvalue weighted by molar-refractivity contribution is 6.42. The summed E-state index contributed by atoms with van der Waals surface area (Å²) in [6, 6.07) is 5.13. The predicted molar refractivity (Wildman–Crippen MR) is 87.5 cm³/mol. The van der Waals surface area contributed by atoms with Crippen molar-refractivity contribution in [1.82, 2.24) is 4.90 Å². The van der Waals surface area contributed by atoms with E-state index in [4.69, 9.17) is 28.6 Å². The van der Waals surface area contributed by atoms with Gasteiger partial charge in [0.05, 0.1) is 10.0 Å². The number of hydrogen-bond donors (Lipinski definition) is 1. The van der Waals surface area contributed by atoms with Gasteiger partial charge < -0.3 is 10.3 Å². The molecule has 1 heterocycles. The van der Waals surface area contributed by atoms with E-state index in [1.807, 2.05) is 4.90 Å². The maximum absolute atomic E-state index is 12.1. The summed E-state index contributed by atoms with van der Waals surface area (Å²) in [5.41, 5.74) is 1.15. The fourth-order valence-electron chi connectivity index (χ4n) is 2.48. The Morgan fingerprint density at radius 1 is 1.24 bits per heavy atom. The van der Waals surface area contributed by atoms with Crippen LogP contribution in [0.25, 0.3) is 0 Å². The second kappa shape index (κ2) is 7.28. The number of amides is 1. The summed E-state index contributed by atoms with van der Waals surface area (Å²) >= 11 is 11.8. The smallest absolute Gasteiger partial charge is 0.222 e. The first-order valence-electron chi connectivity index (χ1n) is 7.28. The number of carbonyl (C=O) groups excluding carboxylic acids is 1. The topological polar surface area (TPSA) is 44.2 Å². The van der Waals surface area contributed by atoms with Crippen molar-refractivity contribution >= 4 is 34.8 Å². The van der Waals surface area contributed by atoms with Gasteiger partial charge in [-0.05, 0) is 42.9 Å². The lowest BCUT2D eigenvalue weighted by atomic mass is 9.98. The van der Waals surface area contributed by atoms with E-state index in [1.54, 1.807) is 18.2 Å². The number of hydrogen-bond acceptors (Lipinski definition) is 2. The van der Waals surface area contributed by atoms with Crippen molar-refractivity contribution in [3.63, 3.8) is 0 Å². The van der Waals surface area contributed by atoms with Crippen LogP contribution in [0.3, 0.4) is 0 Å². The van der Waals surface area contributed by atoms with E-state index in [1.165, 1.54) is 0 Å². The number of carbonyl (C=O) groups is 1. The van der Waals surface area contributed by atoms with Crippen molar-refractivity contribution < 1.29 is 4.79 Å². The van der Waals surface area contributed by atoms with E-state index in [0.717, 1.165) is 31.5 Å². The van der Waals surface area contributed by atoms with E-state index >= 15 is 0 Å². The molecule has 5 heteroatoms. The normalized spacial score (nSPS) is 16.0. The number of benzene rings is 1. The van der Waals surface area contributed by atoms with E-state index < -0.39 is 0 Å². The van der Waals surface area contributed by atoms with Crippen molar-refractivity contribution in [3.05, 3.63) is 33.8 Å². The minimum Gasteiger partial charge on any atom is -0.343 e. The molecule has 1 aliphatic rings. The predicted octanol–water partition coefficient (Wildman–Crippen LogP) is 4.40. The van der Waals surface area contributed by atoms with E-state index in [2.05, 4.69) is 6.92 Å². The Morgan fingerprint density at radius 3 is 2.52 bits per heavy atom. The molecule has 1 saturated heterocycles. The Hall–Kier alpha value is -1.06. The molecule has 1 aromatic carbocycles. The van der Waals surface area contributed by atoms with Crippen LogP contribution in [-0.2, 0) is 4.79 Å². The zero-order valence-electron chi connectivity index (χ0n) is 12.2. The van der Waals surface area contributed by atoms with Gasteiger partial charge in [-0.15, -0.1) is 0 Å². The van der Waals surface area contributed by atoms with Gasteiger partial charge in [-0.1, -0.05) is 36.2 Å². The van der Waals surface area contributed by atoms with Crippen LogP contribution in [0.4, 0.5) is 0 Å². The summed E-state index contributed by atoms with van der Waals surface area (Å²) in [4.78, 5) is 14.1. The van der Waals surface area contributed by atoms with E-state index in [-0.39, 0.29) is 5.91 Å². The first-order chi connectivity index (χ1) is 9.97. The van der Waals surface area contributed by atoms with Crippen LogP contribution in [0.15, 0.2) is 18.2 Å². The number of likely N-dealkylation sites (tertiary alicyclic amines) is 1. The van der Waals surface area contributed by atoms with Gasteiger partial charge in [0.15, 0.2) is 0 Å². The molecule has 1 fully saturated rings. The molecule has 0 aliphatic carbocycles. The molecule has 3 nitrogen and oxygen atoms in total. The van der Waals surface area contributed by atoms with Gasteiger partial charge in [-0.2, -0.15) is 0 Å². The Morgan fingerprint density at radius 2 is 1.90 bits per heavy atom. The highest BCUT2D eigenvalue weighted by Crippen LogP contribution is 2.23. The first-order valence-corrected chi connectivity index (χ1v) is 8.03. The first kappa shape index (κ1) is 16.3. The average molecular weight is 327 g/mol. The highest BCUT2D eigenvalue weighted by Gasteiger charge is 2.20. The zero-order valence-corrected chi connectivity index (χ0v) is 13.7. The molecular formula is C16H20Cl2N2O. The molecule has 0 spiro atoms. The van der Waals surface area contributed by atoms with Crippen LogP contribution < -0.4 is 0 Å². The van der Waals surface area contributed by atoms with Crippen molar-refractivity contribution in [1.29, 1.82) is 5.41 Å². The molecule has 1 amide bonds. The third-order valence-corrected chi connectivity index (χ3v) is 4.73. The minimum absolute atomic E-state index is 0.145. The lowest BCUT2D eigenvalue weighted by molar-refractivity contribution is -0.132. The summed E-state index contributed by atoms with van der Waals surface area (Å²) in [6.07, 6.45) is 2.97. The van der Waals surface area contributed by atoms with Gasteiger partial charge in [0.25, 0.3) is 0 Å². The fourth-order valence-corrected chi connectivity index (χ4v) is 2.77. The molecule has 21 heavy (non-hydrogen) atoms. The van der Waals surface area contributed by atoms with Gasteiger partial charge in [-0.25, -0.2) is 0 Å². The summed E-state index contributed by atoms with van der Waals surface area (Å²) in [5, 5.41) is 8.98. The molecule has 0 radical (unpaired) electrons. The largest absolute Gasteiger partial charge is 0.343 e. The molecule has 0 aromatic heterocycles. The van der Waals surface area contributed by atoms with Gasteiger partial charge in [0, 0.05) is 25.2 Å². The van der Waals surface area contributed by atoms with Crippen LogP contribution in [0.2, 0.25) is 10.0 Å². The molecule has 0 unspecified atom stereocenters. The summed E-state index contributed by atoms with van der Waals surface area (Å²) < 4.78 is 0. The van der Waals surface area contributed by atoms with Crippen molar-refractivity contribution in [2.75, 3.05) is 13.1 Å². The van der Waals surface area contributed by atoms with Crippen LogP contribution in [0, 0.1) is 11.3 Å². The Bertz CT molecular complexity index is 537. The molecule has 1 aromatic rings. The maximum Gasteiger partial charge on any atom is 0.222 e. The third kappa shape index (κ3) is 4.45. The SMILES string of the molecule is CC1CCN(C(=O)CCC(=N)c2ccc(Cl)c(Cl)c2)CC1. The van der Waals surface area contributed by atoms with Crippen molar-refractivity contribution in [2.45, 2.75) is 32.6 Å².